The number of piperazine rings is 1. The van der Waals surface area contributed by atoms with Crippen molar-refractivity contribution in [3.63, 3.8) is 0 Å². The Hall–Kier alpha value is -1.56. The van der Waals surface area contributed by atoms with Gasteiger partial charge in [0.15, 0.2) is 12.0 Å². The van der Waals surface area contributed by atoms with Crippen LogP contribution in [0, 0.1) is 10.1 Å². The molecule has 2 rings (SSSR count). The number of nitrogens with two attached hydrogens (primary N) is 1. The van der Waals surface area contributed by atoms with Crippen LogP contribution in [0.25, 0.3) is 0 Å². The van der Waals surface area contributed by atoms with Crippen LogP contribution < -0.4 is 10.5 Å². The van der Waals surface area contributed by atoms with Crippen molar-refractivity contribution in [3.8, 4) is 0 Å². The average Bonchev–Trinajstić information content (AvgIpc) is 2.71. The Morgan fingerprint density at radius 2 is 2.10 bits per heavy atom. The van der Waals surface area contributed by atoms with E-state index in [9.17, 15) is 18.5 Å². The highest BCUT2D eigenvalue weighted by Gasteiger charge is 2.26. The van der Waals surface area contributed by atoms with Gasteiger partial charge < -0.3 is 15.4 Å². The van der Waals surface area contributed by atoms with Gasteiger partial charge in [-0.3, -0.25) is 4.90 Å². The van der Waals surface area contributed by atoms with Crippen molar-refractivity contribution in [1.29, 1.82) is 0 Å². The van der Waals surface area contributed by atoms with Crippen LogP contribution in [0.5, 0.6) is 0 Å². The molecule has 0 aliphatic carbocycles. The predicted octanol–water partition coefficient (Wildman–Crippen LogP) is -1.56. The highest BCUT2D eigenvalue weighted by Crippen LogP contribution is 2.19. The fourth-order valence-corrected chi connectivity index (χ4v) is 2.69. The zero-order valence-corrected chi connectivity index (χ0v) is 11.5. The first-order valence-electron chi connectivity index (χ1n) is 5.99. The average molecular weight is 304 g/mol. The number of sulfonamides is 1. The molecule has 0 radical (unpaired) electrons. The molecule has 3 N–H and O–H groups in total. The molecule has 0 spiro atoms. The van der Waals surface area contributed by atoms with Crippen molar-refractivity contribution in [1.82, 2.24) is 19.8 Å². The summed E-state index contributed by atoms with van der Waals surface area (Å²) in [5, 5.41) is 19.2. The Balaban J connectivity index is 2.22. The lowest BCUT2D eigenvalue weighted by Gasteiger charge is -2.26. The lowest BCUT2D eigenvalue weighted by molar-refractivity contribution is -0.392. The Kier molecular flexibility index (Phi) is 4.32. The lowest BCUT2D eigenvalue weighted by atomic mass is 10.3. The van der Waals surface area contributed by atoms with Crippen molar-refractivity contribution in [2.75, 3.05) is 26.2 Å². The topological polar surface area (TPSA) is 136 Å². The van der Waals surface area contributed by atoms with Gasteiger partial charge in [-0.2, -0.15) is 4.57 Å². The van der Waals surface area contributed by atoms with Gasteiger partial charge in [0, 0.05) is 32.7 Å². The molecule has 20 heavy (non-hydrogen) atoms. The SMILES string of the molecule is NS(=O)(=O)Cn1cnc(CN2CCNCC2)c1[N+](=O)[O-]. The van der Waals surface area contributed by atoms with Gasteiger partial charge in [0.25, 0.3) is 0 Å². The van der Waals surface area contributed by atoms with E-state index in [1.807, 2.05) is 4.90 Å². The second-order valence-corrected chi connectivity index (χ2v) is 6.14. The second-order valence-electron chi connectivity index (χ2n) is 4.56. The van der Waals surface area contributed by atoms with Gasteiger partial charge in [0.2, 0.25) is 15.9 Å². The van der Waals surface area contributed by atoms with Gasteiger partial charge in [-0.15, -0.1) is 0 Å². The number of nitrogens with zero attached hydrogens (tertiary/aromatic N) is 4. The normalized spacial score (nSPS) is 17.2. The molecule has 2 heterocycles. The van der Waals surface area contributed by atoms with Crippen LogP contribution in [0.1, 0.15) is 5.69 Å². The monoisotopic (exact) mass is 304 g/mol. The van der Waals surface area contributed by atoms with Crippen LogP contribution in [0.15, 0.2) is 6.33 Å². The molecule has 1 saturated heterocycles. The molecule has 0 bridgehead atoms. The molecule has 112 valence electrons. The Bertz CT molecular complexity index is 592. The van der Waals surface area contributed by atoms with Crippen LogP contribution in [-0.2, 0) is 22.4 Å². The third-order valence-electron chi connectivity index (χ3n) is 2.96. The van der Waals surface area contributed by atoms with Gasteiger partial charge in [0.05, 0.1) is 0 Å². The molecule has 0 saturated carbocycles. The standard InChI is InChI=1S/C9H16N6O4S/c10-20(18,19)7-14-6-12-8(9(14)15(16)17)5-13-3-1-11-2-4-13/h6,11H,1-5,7H2,(H2,10,18,19). The van der Waals surface area contributed by atoms with E-state index in [0.717, 1.165) is 37.1 Å². The van der Waals surface area contributed by atoms with Crippen molar-refractivity contribution in [2.45, 2.75) is 12.4 Å². The molecule has 0 atom stereocenters. The van der Waals surface area contributed by atoms with Gasteiger partial charge in [-0.05, 0) is 4.92 Å². The summed E-state index contributed by atoms with van der Waals surface area (Å²) in [7, 11) is -3.86. The highest BCUT2D eigenvalue weighted by atomic mass is 32.2. The van der Waals surface area contributed by atoms with E-state index in [1.54, 1.807) is 0 Å². The minimum Gasteiger partial charge on any atom is -0.358 e. The Morgan fingerprint density at radius 3 is 2.65 bits per heavy atom. The van der Waals surface area contributed by atoms with Gasteiger partial charge >= 0.3 is 5.82 Å². The van der Waals surface area contributed by atoms with E-state index in [2.05, 4.69) is 10.3 Å². The molecular weight excluding hydrogens is 288 g/mol. The molecule has 0 aromatic carbocycles. The molecule has 1 aliphatic rings. The van der Waals surface area contributed by atoms with Crippen molar-refractivity contribution < 1.29 is 13.3 Å². The molecule has 11 heteroatoms. The Labute approximate surface area is 115 Å². The summed E-state index contributed by atoms with van der Waals surface area (Å²) in [5.41, 5.74) is 0.251. The lowest BCUT2D eigenvalue weighted by Crippen LogP contribution is -2.43. The van der Waals surface area contributed by atoms with Crippen LogP contribution in [-0.4, -0.2) is 54.0 Å². The summed E-state index contributed by atoms with van der Waals surface area (Å²) in [6.07, 6.45) is 1.14. The fourth-order valence-electron chi connectivity index (χ4n) is 2.11. The summed E-state index contributed by atoms with van der Waals surface area (Å²) in [6.45, 7) is 3.46. The molecule has 1 fully saturated rings. The summed E-state index contributed by atoms with van der Waals surface area (Å²) in [4.78, 5) is 16.5. The largest absolute Gasteiger partial charge is 0.358 e. The Morgan fingerprint density at radius 1 is 1.45 bits per heavy atom. The maximum atomic E-state index is 11.1. The van der Waals surface area contributed by atoms with E-state index in [4.69, 9.17) is 5.14 Å². The molecular formula is C9H16N6O4S. The summed E-state index contributed by atoms with van der Waals surface area (Å²) in [6, 6.07) is 0. The summed E-state index contributed by atoms with van der Waals surface area (Å²) in [5.74, 6) is -0.977. The van der Waals surface area contributed by atoms with Gasteiger partial charge in [0.1, 0.15) is 0 Å². The van der Waals surface area contributed by atoms with Crippen molar-refractivity contribution in [3.05, 3.63) is 22.1 Å². The first kappa shape index (κ1) is 14.8. The van der Waals surface area contributed by atoms with E-state index in [1.165, 1.54) is 0 Å². The molecule has 0 unspecified atom stereocenters. The van der Waals surface area contributed by atoms with Crippen LogP contribution >= 0.6 is 0 Å². The third kappa shape index (κ3) is 3.72. The van der Waals surface area contributed by atoms with Crippen molar-refractivity contribution in [2.24, 2.45) is 5.14 Å². The molecule has 0 amide bonds. The minimum atomic E-state index is -3.86. The van der Waals surface area contributed by atoms with Gasteiger partial charge in [-0.1, -0.05) is 0 Å². The number of imidazole rings is 1. The maximum Gasteiger partial charge on any atom is 0.348 e. The van der Waals surface area contributed by atoms with Crippen LogP contribution in [0.2, 0.25) is 0 Å². The highest BCUT2D eigenvalue weighted by molar-refractivity contribution is 7.88. The third-order valence-corrected chi connectivity index (χ3v) is 3.60. The number of nitrogens with one attached hydrogen (secondary N) is 1. The minimum absolute atomic E-state index is 0.251. The first-order valence-corrected chi connectivity index (χ1v) is 7.70. The fraction of sp³-hybridized carbons (Fsp3) is 0.667. The van der Waals surface area contributed by atoms with E-state index in [-0.39, 0.29) is 11.5 Å². The number of hydrogen-bond acceptors (Lipinski definition) is 7. The summed E-state index contributed by atoms with van der Waals surface area (Å²) < 4.78 is 23.1. The number of nitro groups is 1. The first-order chi connectivity index (χ1) is 9.37. The quantitative estimate of drug-likeness (QED) is 0.496. The van der Waals surface area contributed by atoms with E-state index < -0.39 is 20.8 Å². The second kappa shape index (κ2) is 5.83. The molecule has 10 nitrogen and oxygen atoms in total. The smallest absolute Gasteiger partial charge is 0.348 e. The zero-order chi connectivity index (χ0) is 14.8. The predicted molar refractivity (Wildman–Crippen MR) is 70.1 cm³/mol. The van der Waals surface area contributed by atoms with Crippen molar-refractivity contribution >= 4 is 15.8 Å². The zero-order valence-electron chi connectivity index (χ0n) is 10.7. The maximum absolute atomic E-state index is 11.1. The number of rotatable bonds is 5. The summed E-state index contributed by atoms with van der Waals surface area (Å²) >= 11 is 0. The van der Waals surface area contributed by atoms with Crippen LogP contribution in [0.3, 0.4) is 0 Å². The number of aromatic nitrogens is 2. The number of primary sulfonamides is 1. The van der Waals surface area contributed by atoms with E-state index >= 15 is 0 Å². The molecule has 1 aromatic rings. The van der Waals surface area contributed by atoms with E-state index in [0.29, 0.717) is 6.54 Å². The van der Waals surface area contributed by atoms with Crippen LogP contribution in [0.4, 0.5) is 5.82 Å². The molecule has 1 aliphatic heterocycles. The molecule has 1 aromatic heterocycles. The number of hydrogen-bond donors (Lipinski definition) is 2. The van der Waals surface area contributed by atoms with Gasteiger partial charge in [-0.25, -0.2) is 18.5 Å².